The fraction of sp³-hybridized carbons (Fsp3) is 0.310. The molecule has 1 aromatic heterocycles. The van der Waals surface area contributed by atoms with Crippen molar-refractivity contribution in [3.05, 3.63) is 104 Å². The fourth-order valence-electron chi connectivity index (χ4n) is 6.71. The smallest absolute Gasteiger partial charge is 0.352 e. The Morgan fingerprint density at radius 2 is 1.68 bits per heavy atom. The number of allylic oxidation sites excluding steroid dienone is 4. The van der Waals surface area contributed by atoms with E-state index in [2.05, 4.69) is 0 Å². The third kappa shape index (κ3) is 3.01. The first kappa shape index (κ1) is 23.2. The number of ketones is 2. The molecule has 3 aliphatic rings. The number of phenols is 1. The van der Waals surface area contributed by atoms with Crippen molar-refractivity contribution in [2.75, 3.05) is 0 Å². The molecule has 6 rings (SSSR count). The molecule has 2 aliphatic carbocycles. The van der Waals surface area contributed by atoms with Crippen molar-refractivity contribution in [1.29, 1.82) is 0 Å². The first-order valence-corrected chi connectivity index (χ1v) is 12.4. The normalized spacial score (nSPS) is 26.6. The van der Waals surface area contributed by atoms with Crippen molar-refractivity contribution in [2.45, 2.75) is 45.7 Å². The van der Waals surface area contributed by atoms with E-state index >= 15 is 0 Å². The van der Waals surface area contributed by atoms with Crippen LogP contribution in [0.5, 0.6) is 5.75 Å². The van der Waals surface area contributed by atoms with Gasteiger partial charge in [-0.05, 0) is 55.2 Å². The highest BCUT2D eigenvalue weighted by Gasteiger charge is 2.60. The number of rotatable bonds is 2. The van der Waals surface area contributed by atoms with E-state index in [9.17, 15) is 24.3 Å². The summed E-state index contributed by atoms with van der Waals surface area (Å²) in [5.74, 6) is -1.61. The third-order valence-corrected chi connectivity index (χ3v) is 8.50. The second-order valence-corrected chi connectivity index (χ2v) is 10.5. The average molecular weight is 498 g/mol. The quantitative estimate of drug-likeness (QED) is 0.548. The number of carbonyl (C=O) groups is 2. The van der Waals surface area contributed by atoms with Gasteiger partial charge in [-0.2, -0.15) is 0 Å². The molecule has 1 aliphatic heterocycles. The maximum atomic E-state index is 13.8. The predicted octanol–water partition coefficient (Wildman–Crippen LogP) is 3.20. The topological polar surface area (TPSA) is 103 Å². The van der Waals surface area contributed by atoms with Crippen LogP contribution in [0.25, 0.3) is 5.69 Å². The molecule has 1 fully saturated rings. The lowest BCUT2D eigenvalue weighted by Crippen LogP contribution is -2.54. The highest BCUT2D eigenvalue weighted by molar-refractivity contribution is 6.13. The summed E-state index contributed by atoms with van der Waals surface area (Å²) < 4.78 is 3.98. The lowest BCUT2D eigenvalue weighted by molar-refractivity contribution is -0.139. The summed E-state index contributed by atoms with van der Waals surface area (Å²) in [6.07, 6.45) is 3.49. The van der Waals surface area contributed by atoms with Crippen LogP contribution in [0, 0.1) is 18.3 Å². The highest BCUT2D eigenvalue weighted by Crippen LogP contribution is 2.60. The number of para-hydroxylation sites is 2. The lowest BCUT2D eigenvalue weighted by atomic mass is 9.50. The third-order valence-electron chi connectivity index (χ3n) is 8.50. The van der Waals surface area contributed by atoms with Gasteiger partial charge < -0.3 is 5.11 Å². The number of hydrogen-bond acceptors (Lipinski definition) is 5. The van der Waals surface area contributed by atoms with Crippen molar-refractivity contribution >= 4 is 11.6 Å². The summed E-state index contributed by atoms with van der Waals surface area (Å²) in [7, 11) is 0. The van der Waals surface area contributed by atoms with Gasteiger partial charge in [-0.25, -0.2) is 23.5 Å². The molecule has 0 amide bonds. The van der Waals surface area contributed by atoms with E-state index in [-0.39, 0.29) is 30.3 Å². The monoisotopic (exact) mass is 497 g/mol. The van der Waals surface area contributed by atoms with Crippen LogP contribution in [0.3, 0.4) is 0 Å². The molecule has 1 N–H and O–H groups in total. The number of aromatic hydroxyl groups is 1. The lowest BCUT2D eigenvalue weighted by Gasteiger charge is -2.52. The van der Waals surface area contributed by atoms with Gasteiger partial charge in [0.2, 0.25) is 0 Å². The van der Waals surface area contributed by atoms with E-state index in [1.807, 2.05) is 18.2 Å². The Balaban J connectivity index is 1.62. The minimum Gasteiger partial charge on any atom is -0.507 e. The van der Waals surface area contributed by atoms with E-state index in [1.54, 1.807) is 57.2 Å². The first-order valence-electron chi connectivity index (χ1n) is 12.4. The number of Topliss-reactive ketones (excluding diaryl/α,β-unsaturated/α-hetero) is 1. The van der Waals surface area contributed by atoms with Crippen LogP contribution in [-0.2, 0) is 16.1 Å². The molecule has 0 saturated heterocycles. The predicted molar refractivity (Wildman–Crippen MR) is 137 cm³/mol. The molecule has 3 aromatic rings. The van der Waals surface area contributed by atoms with Crippen molar-refractivity contribution in [1.82, 2.24) is 13.9 Å². The Labute approximate surface area is 212 Å². The van der Waals surface area contributed by atoms with Gasteiger partial charge in [0.05, 0.1) is 23.7 Å². The second-order valence-electron chi connectivity index (χ2n) is 10.5. The van der Waals surface area contributed by atoms with Crippen LogP contribution in [-0.4, -0.2) is 30.6 Å². The number of carbonyl (C=O) groups excluding carboxylic acids is 2. The zero-order valence-corrected chi connectivity index (χ0v) is 20.8. The molecule has 0 radical (unpaired) electrons. The molecule has 37 heavy (non-hydrogen) atoms. The maximum Gasteiger partial charge on any atom is 0.352 e. The molecule has 2 aromatic carbocycles. The zero-order chi connectivity index (χ0) is 26.2. The number of nitrogens with zero attached hydrogens (tertiary/aromatic N) is 3. The van der Waals surface area contributed by atoms with Crippen molar-refractivity contribution < 1.29 is 14.7 Å². The molecule has 2 heterocycles. The van der Waals surface area contributed by atoms with Crippen LogP contribution >= 0.6 is 0 Å². The zero-order valence-electron chi connectivity index (χ0n) is 20.8. The first-order chi connectivity index (χ1) is 17.7. The number of fused-ring (bicyclic) bond motifs is 4. The molecule has 8 heteroatoms. The number of benzene rings is 2. The molecule has 8 nitrogen and oxygen atoms in total. The van der Waals surface area contributed by atoms with E-state index in [4.69, 9.17) is 0 Å². The summed E-state index contributed by atoms with van der Waals surface area (Å²) >= 11 is 0. The van der Waals surface area contributed by atoms with Crippen LogP contribution in [0.15, 0.2) is 81.4 Å². The second kappa shape index (κ2) is 7.90. The van der Waals surface area contributed by atoms with Gasteiger partial charge in [-0.3, -0.25) is 9.59 Å². The van der Waals surface area contributed by atoms with E-state index in [0.29, 0.717) is 22.4 Å². The van der Waals surface area contributed by atoms with Gasteiger partial charge in [0, 0.05) is 17.4 Å². The number of aryl methyl sites for hydroxylation is 1. The van der Waals surface area contributed by atoms with E-state index < -0.39 is 34.7 Å². The van der Waals surface area contributed by atoms with Crippen LogP contribution in [0.2, 0.25) is 0 Å². The van der Waals surface area contributed by atoms with E-state index in [0.717, 1.165) is 10.1 Å². The van der Waals surface area contributed by atoms with Gasteiger partial charge >= 0.3 is 11.4 Å². The summed E-state index contributed by atoms with van der Waals surface area (Å²) in [6, 6.07) is 13.5. The summed E-state index contributed by atoms with van der Waals surface area (Å²) in [4.78, 5) is 54.3. The van der Waals surface area contributed by atoms with Crippen LogP contribution in [0.4, 0.5) is 0 Å². The molecule has 0 spiro atoms. The number of phenolic OH excluding ortho intramolecular Hbond substituents is 1. The van der Waals surface area contributed by atoms with Crippen LogP contribution < -0.4 is 11.4 Å². The fourth-order valence-corrected chi connectivity index (χ4v) is 6.71. The molecular formula is C29H27N3O5. The average Bonchev–Trinajstić information content (AvgIpc) is 3.14. The summed E-state index contributed by atoms with van der Waals surface area (Å²) in [5.41, 5.74) is 0.721. The molecule has 1 saturated carbocycles. The largest absolute Gasteiger partial charge is 0.507 e. The Hall–Kier alpha value is -4.20. The minimum absolute atomic E-state index is 0.0682. The number of hydrogen-bond donors (Lipinski definition) is 1. The molecule has 4 unspecified atom stereocenters. The van der Waals surface area contributed by atoms with Crippen molar-refractivity contribution in [2.24, 2.45) is 11.3 Å². The standard InChI is InChI=1S/C29H27N3O5/c1-16-8-7-11-20(25(16)34)24-19-12-13-30-27(36)31(18-9-5-4-6-10-18)28(37)32(30)22(19)15-21-23(33)14-17(2)26(35)29(21,24)3/h4-12,14,21-22,24,34H,13,15H2,1-3H3. The van der Waals surface area contributed by atoms with Gasteiger partial charge in [0.15, 0.2) is 11.6 Å². The molecular weight excluding hydrogens is 470 g/mol. The summed E-state index contributed by atoms with van der Waals surface area (Å²) in [5, 5.41) is 11.1. The highest BCUT2D eigenvalue weighted by atomic mass is 16.3. The molecule has 4 atom stereocenters. The van der Waals surface area contributed by atoms with Crippen molar-refractivity contribution in [3.63, 3.8) is 0 Å². The van der Waals surface area contributed by atoms with Gasteiger partial charge in [-0.15, -0.1) is 0 Å². The van der Waals surface area contributed by atoms with E-state index in [1.165, 1.54) is 15.4 Å². The van der Waals surface area contributed by atoms with Gasteiger partial charge in [0.25, 0.3) is 0 Å². The minimum atomic E-state index is -1.14. The SMILES string of the molecule is CC1=CC(=O)C2CC3C(=CCn4c(=O)n(-c5ccccc5)c(=O)n43)C(c3cccc(C)c3O)C2(C)C1=O. The molecule has 188 valence electrons. The maximum absolute atomic E-state index is 13.8. The Kier molecular flexibility index (Phi) is 4.96. The summed E-state index contributed by atoms with van der Waals surface area (Å²) in [6.45, 7) is 5.38. The Morgan fingerprint density at radius 3 is 2.41 bits per heavy atom. The Morgan fingerprint density at radius 1 is 0.946 bits per heavy atom. The van der Waals surface area contributed by atoms with Gasteiger partial charge in [0.1, 0.15) is 5.75 Å². The van der Waals surface area contributed by atoms with Gasteiger partial charge in [-0.1, -0.05) is 49.4 Å². The van der Waals surface area contributed by atoms with Crippen LogP contribution in [0.1, 0.15) is 43.4 Å². The number of aromatic nitrogens is 3. The molecule has 0 bridgehead atoms. The Bertz CT molecular complexity index is 1670. The van der Waals surface area contributed by atoms with Crippen molar-refractivity contribution in [3.8, 4) is 11.4 Å².